The lowest BCUT2D eigenvalue weighted by atomic mass is 10.1. The van der Waals surface area contributed by atoms with E-state index in [1.54, 1.807) is 12.1 Å². The summed E-state index contributed by atoms with van der Waals surface area (Å²) < 4.78 is 26.8. The standard InChI is InChI=1S/C14H18N2O4S/c1-2-3-12(10-14(17)18)16-21(19,20)13-6-4-11(5-7-13)8-9-15/h4-7,12,16H,2-3,8,10H2,1H3,(H,17,18). The number of aliphatic carboxylic acids is 1. The Labute approximate surface area is 124 Å². The van der Waals surface area contributed by atoms with Gasteiger partial charge in [-0.1, -0.05) is 25.5 Å². The minimum atomic E-state index is -3.76. The molecule has 0 heterocycles. The first-order valence-corrected chi connectivity index (χ1v) is 8.07. The molecule has 0 aliphatic rings. The molecule has 1 unspecified atom stereocenters. The number of hydrogen-bond acceptors (Lipinski definition) is 4. The second-order valence-electron chi connectivity index (χ2n) is 4.68. The number of carboxylic acids is 1. The van der Waals surface area contributed by atoms with Crippen molar-refractivity contribution in [3.63, 3.8) is 0 Å². The van der Waals surface area contributed by atoms with E-state index in [2.05, 4.69) is 4.72 Å². The van der Waals surface area contributed by atoms with Crippen molar-refractivity contribution in [1.29, 1.82) is 5.26 Å². The number of nitriles is 1. The molecule has 1 atom stereocenters. The zero-order valence-electron chi connectivity index (χ0n) is 11.7. The third-order valence-electron chi connectivity index (χ3n) is 2.90. The van der Waals surface area contributed by atoms with Gasteiger partial charge in [0.15, 0.2) is 0 Å². The van der Waals surface area contributed by atoms with Gasteiger partial charge in [-0.25, -0.2) is 13.1 Å². The van der Waals surface area contributed by atoms with Gasteiger partial charge in [0, 0.05) is 6.04 Å². The molecule has 0 amide bonds. The maximum absolute atomic E-state index is 12.2. The molecule has 6 nitrogen and oxygen atoms in total. The van der Waals surface area contributed by atoms with Crippen molar-refractivity contribution in [1.82, 2.24) is 4.72 Å². The van der Waals surface area contributed by atoms with Crippen molar-refractivity contribution < 1.29 is 18.3 Å². The SMILES string of the molecule is CCCC(CC(=O)O)NS(=O)(=O)c1ccc(CC#N)cc1. The largest absolute Gasteiger partial charge is 0.481 e. The Morgan fingerprint density at radius 2 is 2.00 bits per heavy atom. The molecule has 0 aliphatic carbocycles. The number of sulfonamides is 1. The van der Waals surface area contributed by atoms with Gasteiger partial charge in [-0.3, -0.25) is 4.79 Å². The molecule has 1 aromatic rings. The third-order valence-corrected chi connectivity index (χ3v) is 4.43. The Morgan fingerprint density at radius 1 is 1.38 bits per heavy atom. The highest BCUT2D eigenvalue weighted by atomic mass is 32.2. The summed E-state index contributed by atoms with van der Waals surface area (Å²) in [5, 5.41) is 17.4. The molecule has 0 bridgehead atoms. The number of nitrogens with one attached hydrogen (secondary N) is 1. The minimum absolute atomic E-state index is 0.0654. The Bertz CT molecular complexity index is 617. The Kier molecular flexibility index (Phi) is 6.34. The highest BCUT2D eigenvalue weighted by Gasteiger charge is 2.21. The lowest BCUT2D eigenvalue weighted by Crippen LogP contribution is -2.36. The molecule has 0 aliphatic heterocycles. The van der Waals surface area contributed by atoms with Crippen LogP contribution in [0, 0.1) is 11.3 Å². The summed E-state index contributed by atoms with van der Waals surface area (Å²) in [5.74, 6) is -1.04. The average Bonchev–Trinajstić information content (AvgIpc) is 2.38. The van der Waals surface area contributed by atoms with E-state index in [0.29, 0.717) is 12.8 Å². The summed E-state index contributed by atoms with van der Waals surface area (Å²) in [4.78, 5) is 10.8. The second kappa shape index (κ2) is 7.76. The highest BCUT2D eigenvalue weighted by molar-refractivity contribution is 7.89. The van der Waals surface area contributed by atoms with Gasteiger partial charge in [0.1, 0.15) is 0 Å². The number of nitrogens with zero attached hydrogens (tertiary/aromatic N) is 1. The molecule has 21 heavy (non-hydrogen) atoms. The molecule has 114 valence electrons. The van der Waals surface area contributed by atoms with Gasteiger partial charge in [-0.15, -0.1) is 0 Å². The zero-order valence-corrected chi connectivity index (χ0v) is 12.6. The highest BCUT2D eigenvalue weighted by Crippen LogP contribution is 2.13. The Hall–Kier alpha value is -1.91. The van der Waals surface area contributed by atoms with Crippen molar-refractivity contribution in [3.8, 4) is 6.07 Å². The van der Waals surface area contributed by atoms with Gasteiger partial charge in [0.05, 0.1) is 23.8 Å². The molecule has 0 aromatic heterocycles. The van der Waals surface area contributed by atoms with Crippen LogP contribution in [0.4, 0.5) is 0 Å². The van der Waals surface area contributed by atoms with Crippen LogP contribution in [0.15, 0.2) is 29.2 Å². The van der Waals surface area contributed by atoms with E-state index >= 15 is 0 Å². The summed E-state index contributed by atoms with van der Waals surface area (Å²) in [7, 11) is -3.76. The van der Waals surface area contributed by atoms with Crippen molar-refractivity contribution in [2.75, 3.05) is 0 Å². The molecule has 0 radical (unpaired) electrons. The van der Waals surface area contributed by atoms with Crippen LogP contribution >= 0.6 is 0 Å². The number of benzene rings is 1. The molecule has 1 rings (SSSR count). The van der Waals surface area contributed by atoms with Gasteiger partial charge in [0.25, 0.3) is 0 Å². The molecule has 0 saturated heterocycles. The van der Waals surface area contributed by atoms with Crippen LogP contribution in [0.2, 0.25) is 0 Å². The van der Waals surface area contributed by atoms with Gasteiger partial charge in [-0.05, 0) is 24.1 Å². The van der Waals surface area contributed by atoms with Crippen molar-refractivity contribution in [2.45, 2.75) is 43.5 Å². The lowest BCUT2D eigenvalue weighted by molar-refractivity contribution is -0.137. The minimum Gasteiger partial charge on any atom is -0.481 e. The fourth-order valence-electron chi connectivity index (χ4n) is 1.93. The first-order chi connectivity index (χ1) is 9.89. The summed E-state index contributed by atoms with van der Waals surface area (Å²) in [6.07, 6.45) is 1.10. The smallest absolute Gasteiger partial charge is 0.304 e. The predicted molar refractivity (Wildman–Crippen MR) is 77.0 cm³/mol. The van der Waals surface area contributed by atoms with E-state index in [9.17, 15) is 13.2 Å². The molecule has 1 aromatic carbocycles. The first kappa shape index (κ1) is 17.1. The molecule has 0 saturated carbocycles. The molecule has 0 fully saturated rings. The van der Waals surface area contributed by atoms with Crippen LogP contribution in [0.5, 0.6) is 0 Å². The van der Waals surface area contributed by atoms with Crippen LogP contribution in [0.1, 0.15) is 31.7 Å². The predicted octanol–water partition coefficient (Wildman–Crippen LogP) is 1.67. The number of hydrogen-bond donors (Lipinski definition) is 2. The summed E-state index contributed by atoms with van der Waals surface area (Å²) in [5.41, 5.74) is 0.729. The number of carbonyl (C=O) groups is 1. The fourth-order valence-corrected chi connectivity index (χ4v) is 3.20. The van der Waals surface area contributed by atoms with Gasteiger partial charge in [0.2, 0.25) is 10.0 Å². The average molecular weight is 310 g/mol. The lowest BCUT2D eigenvalue weighted by Gasteiger charge is -2.16. The second-order valence-corrected chi connectivity index (χ2v) is 6.40. The van der Waals surface area contributed by atoms with E-state index in [-0.39, 0.29) is 17.7 Å². The van der Waals surface area contributed by atoms with E-state index in [0.717, 1.165) is 5.56 Å². The topological polar surface area (TPSA) is 107 Å². The summed E-state index contributed by atoms with van der Waals surface area (Å²) >= 11 is 0. The maximum atomic E-state index is 12.2. The molecular formula is C14H18N2O4S. The first-order valence-electron chi connectivity index (χ1n) is 6.59. The number of carboxylic acid groups (broad SMARTS) is 1. The van der Waals surface area contributed by atoms with Gasteiger partial charge >= 0.3 is 5.97 Å². The number of rotatable bonds is 8. The van der Waals surface area contributed by atoms with Crippen LogP contribution in [0.25, 0.3) is 0 Å². The van der Waals surface area contributed by atoms with Crippen LogP contribution in [-0.4, -0.2) is 25.5 Å². The summed E-state index contributed by atoms with van der Waals surface area (Å²) in [6.45, 7) is 1.86. The monoisotopic (exact) mass is 310 g/mol. The molecule has 7 heteroatoms. The van der Waals surface area contributed by atoms with Crippen molar-refractivity contribution in [2.24, 2.45) is 0 Å². The van der Waals surface area contributed by atoms with Gasteiger partial charge < -0.3 is 5.11 Å². The van der Waals surface area contributed by atoms with E-state index in [4.69, 9.17) is 10.4 Å². The van der Waals surface area contributed by atoms with E-state index in [1.165, 1.54) is 12.1 Å². The van der Waals surface area contributed by atoms with Crippen LogP contribution in [-0.2, 0) is 21.2 Å². The molecular weight excluding hydrogens is 292 g/mol. The van der Waals surface area contributed by atoms with E-state index in [1.807, 2.05) is 13.0 Å². The van der Waals surface area contributed by atoms with Crippen LogP contribution < -0.4 is 4.72 Å². The normalized spacial score (nSPS) is 12.6. The summed E-state index contributed by atoms with van der Waals surface area (Å²) in [6, 6.07) is 7.33. The van der Waals surface area contributed by atoms with Crippen LogP contribution in [0.3, 0.4) is 0 Å². The third kappa shape index (κ3) is 5.53. The molecule has 2 N–H and O–H groups in total. The quantitative estimate of drug-likeness (QED) is 0.759. The van der Waals surface area contributed by atoms with E-state index < -0.39 is 22.0 Å². The Morgan fingerprint density at radius 3 is 2.48 bits per heavy atom. The molecule has 0 spiro atoms. The van der Waals surface area contributed by atoms with Crippen molar-refractivity contribution >= 4 is 16.0 Å². The zero-order chi connectivity index (χ0) is 15.9. The maximum Gasteiger partial charge on any atom is 0.304 e. The van der Waals surface area contributed by atoms with Gasteiger partial charge in [-0.2, -0.15) is 5.26 Å². The Balaban J connectivity index is 2.88. The van der Waals surface area contributed by atoms with Crippen molar-refractivity contribution in [3.05, 3.63) is 29.8 Å². The fraction of sp³-hybridized carbons (Fsp3) is 0.429.